The number of amides is 2. The summed E-state index contributed by atoms with van der Waals surface area (Å²) in [6.45, 7) is 4.67. The van der Waals surface area contributed by atoms with Crippen molar-refractivity contribution in [3.8, 4) is 0 Å². The summed E-state index contributed by atoms with van der Waals surface area (Å²) in [7, 11) is -4.06. The molecule has 0 aromatic heterocycles. The Hall–Kier alpha value is -2.20. The first-order chi connectivity index (χ1) is 19.5. The number of hydrogen-bond donors (Lipinski definition) is 1. The zero-order valence-electron chi connectivity index (χ0n) is 23.3. The molecule has 0 fully saturated rings. The van der Waals surface area contributed by atoms with Gasteiger partial charge in [0.15, 0.2) is 0 Å². The van der Waals surface area contributed by atoms with Gasteiger partial charge in [-0.05, 0) is 56.2 Å². The number of rotatable bonds is 10. The standard InChI is InChI=1S/C29H30Cl5N3O4S/c1-29(2,3)35-28(39)26(12-18-8-6-5-7-9-18)36(16-19-10-11-20(30)13-21(19)31)27(38)17-37(42(4,40)41)25-15-23(33)22(32)14-24(25)34/h5-11,13-15,26H,12,16-17H2,1-4H3,(H,35,39)/t26-/m1/s1. The van der Waals surface area contributed by atoms with Crippen molar-refractivity contribution in [1.29, 1.82) is 0 Å². The van der Waals surface area contributed by atoms with E-state index in [1.54, 1.807) is 12.1 Å². The molecule has 3 aromatic carbocycles. The predicted molar refractivity (Wildman–Crippen MR) is 173 cm³/mol. The first kappa shape index (κ1) is 34.3. The Labute approximate surface area is 271 Å². The lowest BCUT2D eigenvalue weighted by Gasteiger charge is -2.35. The van der Waals surface area contributed by atoms with Crippen molar-refractivity contribution in [3.63, 3.8) is 0 Å². The average Bonchev–Trinajstić information content (AvgIpc) is 2.87. The summed E-state index contributed by atoms with van der Waals surface area (Å²) in [4.78, 5) is 29.3. The van der Waals surface area contributed by atoms with Gasteiger partial charge in [-0.15, -0.1) is 0 Å². The van der Waals surface area contributed by atoms with Gasteiger partial charge in [0, 0.05) is 28.5 Å². The van der Waals surface area contributed by atoms with Gasteiger partial charge in [-0.2, -0.15) is 0 Å². The zero-order chi connectivity index (χ0) is 31.4. The van der Waals surface area contributed by atoms with Crippen LogP contribution >= 0.6 is 58.0 Å². The minimum Gasteiger partial charge on any atom is -0.350 e. The maximum absolute atomic E-state index is 14.2. The summed E-state index contributed by atoms with van der Waals surface area (Å²) < 4.78 is 26.8. The number of sulfonamides is 1. The quantitative estimate of drug-likeness (QED) is 0.226. The fourth-order valence-corrected chi connectivity index (χ4v) is 6.15. The maximum atomic E-state index is 14.2. The Morgan fingerprint density at radius 2 is 1.48 bits per heavy atom. The smallest absolute Gasteiger partial charge is 0.244 e. The number of nitrogens with one attached hydrogen (secondary N) is 1. The molecule has 0 saturated carbocycles. The topological polar surface area (TPSA) is 86.8 Å². The van der Waals surface area contributed by atoms with Crippen LogP contribution in [-0.4, -0.2) is 49.5 Å². The molecule has 0 unspecified atom stereocenters. The van der Waals surface area contributed by atoms with Crippen LogP contribution < -0.4 is 9.62 Å². The van der Waals surface area contributed by atoms with E-state index in [-0.39, 0.29) is 38.7 Å². The molecule has 0 saturated heterocycles. The van der Waals surface area contributed by atoms with E-state index in [0.717, 1.165) is 16.1 Å². The number of nitrogens with zero attached hydrogens (tertiary/aromatic N) is 2. The molecule has 226 valence electrons. The zero-order valence-corrected chi connectivity index (χ0v) is 27.9. The van der Waals surface area contributed by atoms with Crippen molar-refractivity contribution < 1.29 is 18.0 Å². The molecule has 0 spiro atoms. The molecule has 2 amide bonds. The number of carbonyl (C=O) groups is 2. The average molecular weight is 694 g/mol. The van der Waals surface area contributed by atoms with Crippen LogP contribution in [0.2, 0.25) is 25.1 Å². The molecule has 0 aliphatic rings. The van der Waals surface area contributed by atoms with Crippen molar-refractivity contribution >= 4 is 85.5 Å². The van der Waals surface area contributed by atoms with Crippen LogP contribution in [0.3, 0.4) is 0 Å². The van der Waals surface area contributed by atoms with Crippen LogP contribution in [0.15, 0.2) is 60.7 Å². The predicted octanol–water partition coefficient (Wildman–Crippen LogP) is 7.27. The second kappa shape index (κ2) is 14.1. The molecule has 13 heteroatoms. The van der Waals surface area contributed by atoms with Gasteiger partial charge < -0.3 is 10.2 Å². The van der Waals surface area contributed by atoms with Gasteiger partial charge in [-0.3, -0.25) is 13.9 Å². The molecule has 7 nitrogen and oxygen atoms in total. The van der Waals surface area contributed by atoms with Gasteiger partial charge in [0.25, 0.3) is 0 Å². The summed E-state index contributed by atoms with van der Waals surface area (Å²) in [5.74, 6) is -1.11. The second-order valence-electron chi connectivity index (χ2n) is 10.7. The van der Waals surface area contributed by atoms with Gasteiger partial charge >= 0.3 is 0 Å². The van der Waals surface area contributed by atoms with E-state index >= 15 is 0 Å². The molecular formula is C29H30Cl5N3O4S. The highest BCUT2D eigenvalue weighted by molar-refractivity contribution is 7.92. The lowest BCUT2D eigenvalue weighted by Crippen LogP contribution is -2.56. The largest absolute Gasteiger partial charge is 0.350 e. The Bertz CT molecular complexity index is 1560. The highest BCUT2D eigenvalue weighted by Crippen LogP contribution is 2.36. The molecule has 0 heterocycles. The molecule has 3 aromatic rings. The lowest BCUT2D eigenvalue weighted by atomic mass is 10.0. The highest BCUT2D eigenvalue weighted by Gasteiger charge is 2.35. The number of carbonyl (C=O) groups excluding carboxylic acids is 2. The first-order valence-corrected chi connectivity index (χ1v) is 16.4. The van der Waals surface area contributed by atoms with Crippen LogP contribution in [0.4, 0.5) is 5.69 Å². The summed E-state index contributed by atoms with van der Waals surface area (Å²) in [6.07, 6.45) is 1.08. The van der Waals surface area contributed by atoms with Gasteiger partial charge in [-0.1, -0.05) is 94.4 Å². The molecule has 0 aliphatic heterocycles. The van der Waals surface area contributed by atoms with Crippen LogP contribution in [-0.2, 0) is 32.6 Å². The van der Waals surface area contributed by atoms with Gasteiger partial charge in [0.1, 0.15) is 12.6 Å². The minimum atomic E-state index is -4.06. The summed E-state index contributed by atoms with van der Waals surface area (Å²) >= 11 is 31.2. The molecule has 0 aliphatic carbocycles. The van der Waals surface area contributed by atoms with Crippen molar-refractivity contribution in [3.05, 3.63) is 96.9 Å². The van der Waals surface area contributed by atoms with E-state index < -0.39 is 40.0 Å². The van der Waals surface area contributed by atoms with Crippen LogP contribution in [0, 0.1) is 0 Å². The first-order valence-electron chi connectivity index (χ1n) is 12.7. The van der Waals surface area contributed by atoms with Gasteiger partial charge in [0.2, 0.25) is 21.8 Å². The SMILES string of the molecule is CC(C)(C)NC(=O)[C@@H](Cc1ccccc1)N(Cc1ccc(Cl)cc1Cl)C(=O)CN(c1cc(Cl)c(Cl)cc1Cl)S(C)(=O)=O. The molecule has 0 radical (unpaired) electrons. The third kappa shape index (κ3) is 9.40. The molecule has 0 bridgehead atoms. The van der Waals surface area contributed by atoms with Crippen LogP contribution in [0.5, 0.6) is 0 Å². The van der Waals surface area contributed by atoms with Crippen molar-refractivity contribution in [2.24, 2.45) is 0 Å². The number of hydrogen-bond acceptors (Lipinski definition) is 4. The van der Waals surface area contributed by atoms with Gasteiger partial charge in [0.05, 0.1) is 27.0 Å². The van der Waals surface area contributed by atoms with E-state index in [1.165, 1.54) is 23.1 Å². The fraction of sp³-hybridized carbons (Fsp3) is 0.310. The number of anilines is 1. The highest BCUT2D eigenvalue weighted by atomic mass is 35.5. The summed E-state index contributed by atoms with van der Waals surface area (Å²) in [5.41, 5.74) is 0.643. The van der Waals surface area contributed by atoms with E-state index in [1.807, 2.05) is 51.1 Å². The Balaban J connectivity index is 2.14. The third-order valence-corrected chi connectivity index (χ3v) is 8.80. The van der Waals surface area contributed by atoms with Crippen LogP contribution in [0.25, 0.3) is 0 Å². The summed E-state index contributed by atoms with van der Waals surface area (Å²) in [6, 6.07) is 15.5. The Morgan fingerprint density at radius 1 is 0.857 bits per heavy atom. The van der Waals surface area contributed by atoms with Crippen molar-refractivity contribution in [2.45, 2.75) is 45.3 Å². The van der Waals surface area contributed by atoms with E-state index in [2.05, 4.69) is 5.32 Å². The summed E-state index contributed by atoms with van der Waals surface area (Å²) in [5, 5.41) is 3.76. The van der Waals surface area contributed by atoms with Crippen molar-refractivity contribution in [1.82, 2.24) is 10.2 Å². The normalized spacial score (nSPS) is 12.5. The fourth-order valence-electron chi connectivity index (χ4n) is 4.14. The second-order valence-corrected chi connectivity index (χ2v) is 14.7. The monoisotopic (exact) mass is 691 g/mol. The molecule has 42 heavy (non-hydrogen) atoms. The molecule has 1 N–H and O–H groups in total. The third-order valence-electron chi connectivity index (χ3n) is 6.06. The van der Waals surface area contributed by atoms with E-state index in [0.29, 0.717) is 10.6 Å². The van der Waals surface area contributed by atoms with Crippen molar-refractivity contribution in [2.75, 3.05) is 17.1 Å². The van der Waals surface area contributed by atoms with Crippen LogP contribution in [0.1, 0.15) is 31.9 Å². The molecular weight excluding hydrogens is 664 g/mol. The van der Waals surface area contributed by atoms with E-state index in [9.17, 15) is 18.0 Å². The van der Waals surface area contributed by atoms with E-state index in [4.69, 9.17) is 58.0 Å². The lowest BCUT2D eigenvalue weighted by molar-refractivity contribution is -0.140. The number of benzene rings is 3. The minimum absolute atomic E-state index is 0.0266. The molecule has 3 rings (SSSR count). The maximum Gasteiger partial charge on any atom is 0.244 e. The number of halogens is 5. The Kier molecular flexibility index (Phi) is 11.5. The Morgan fingerprint density at radius 3 is 2.05 bits per heavy atom. The molecule has 1 atom stereocenters. The van der Waals surface area contributed by atoms with Gasteiger partial charge in [-0.25, -0.2) is 8.42 Å².